The molecule has 0 heterocycles. The molecule has 0 N–H and O–H groups in total. The maximum absolute atomic E-state index is 11.1. The van der Waals surface area contributed by atoms with Gasteiger partial charge in [0.25, 0.3) is 0 Å². The third kappa shape index (κ3) is 15.9. The molecule has 0 aliphatic carbocycles. The number of rotatable bonds is 18. The molecule has 0 bridgehead atoms. The molecule has 0 saturated heterocycles. The number of carbonyl (C=O) groups is 2. The molecule has 0 amide bonds. The van der Waals surface area contributed by atoms with Crippen molar-refractivity contribution < 1.29 is 19.1 Å². The Balaban J connectivity index is 5.04. The number of hydrogen-bond donors (Lipinski definition) is 0. The molecule has 0 aromatic rings. The fourth-order valence-electron chi connectivity index (χ4n) is 3.59. The summed E-state index contributed by atoms with van der Waals surface area (Å²) in [4.78, 5) is 24.3. The van der Waals surface area contributed by atoms with Crippen molar-refractivity contribution in [2.75, 3.05) is 32.8 Å². The van der Waals surface area contributed by atoms with E-state index in [0.717, 1.165) is 6.54 Å². The van der Waals surface area contributed by atoms with Crippen molar-refractivity contribution in [2.45, 2.75) is 86.5 Å². The van der Waals surface area contributed by atoms with Gasteiger partial charge < -0.3 is 0 Å². The summed E-state index contributed by atoms with van der Waals surface area (Å²) in [6.07, 6.45) is 10.3. The molecule has 0 spiro atoms. The van der Waals surface area contributed by atoms with E-state index in [1.54, 1.807) is 0 Å². The summed E-state index contributed by atoms with van der Waals surface area (Å²) < 4.78 is 17.3. The number of ether oxygens (including phenoxy) is 2. The summed E-state index contributed by atoms with van der Waals surface area (Å²) in [5.74, 6) is -0.510. The first-order chi connectivity index (χ1) is 13.9. The minimum absolute atomic E-state index is 0.255. The first kappa shape index (κ1) is 28.4. The SMILES string of the molecule is CCC[CH2][Sn]([CH]=CCN(CCOC(C)=O)CCOC(C)=O)([CH2]CCC)[CH2]CCC. The van der Waals surface area contributed by atoms with Gasteiger partial charge in [-0.25, -0.2) is 0 Å². The molecule has 0 fully saturated rings. The molecular formula is C23H45NO4Sn. The van der Waals surface area contributed by atoms with E-state index in [9.17, 15) is 9.59 Å². The molecule has 0 aliphatic heterocycles. The topological polar surface area (TPSA) is 55.8 Å². The third-order valence-electron chi connectivity index (χ3n) is 5.35. The first-order valence-electron chi connectivity index (χ1n) is 11.6. The number of hydrogen-bond acceptors (Lipinski definition) is 5. The Morgan fingerprint density at radius 1 is 0.793 bits per heavy atom. The molecule has 6 heteroatoms. The molecular weight excluding hydrogens is 473 g/mol. The van der Waals surface area contributed by atoms with Gasteiger partial charge >= 0.3 is 184 Å². The Kier molecular flexibility index (Phi) is 17.9. The van der Waals surface area contributed by atoms with E-state index in [0.29, 0.717) is 26.3 Å². The van der Waals surface area contributed by atoms with E-state index in [2.05, 4.69) is 35.8 Å². The molecule has 0 aliphatic rings. The predicted molar refractivity (Wildman–Crippen MR) is 124 cm³/mol. The summed E-state index contributed by atoms with van der Waals surface area (Å²) in [5.41, 5.74) is 0. The molecule has 5 nitrogen and oxygen atoms in total. The van der Waals surface area contributed by atoms with Gasteiger partial charge in [0.05, 0.1) is 0 Å². The average molecular weight is 518 g/mol. The van der Waals surface area contributed by atoms with Gasteiger partial charge in [0.1, 0.15) is 0 Å². The molecule has 29 heavy (non-hydrogen) atoms. The first-order valence-corrected chi connectivity index (χ1v) is 19.3. The van der Waals surface area contributed by atoms with Crippen LogP contribution in [0.4, 0.5) is 0 Å². The number of esters is 2. The van der Waals surface area contributed by atoms with Crippen LogP contribution < -0.4 is 0 Å². The summed E-state index contributed by atoms with van der Waals surface area (Å²) in [6, 6.07) is 0. The van der Waals surface area contributed by atoms with E-state index in [-0.39, 0.29) is 11.9 Å². The molecule has 0 aromatic heterocycles. The van der Waals surface area contributed by atoms with Gasteiger partial charge in [-0.2, -0.15) is 0 Å². The van der Waals surface area contributed by atoms with Crippen molar-refractivity contribution in [3.63, 3.8) is 0 Å². The van der Waals surface area contributed by atoms with Crippen molar-refractivity contribution in [3.05, 3.63) is 10.2 Å². The molecule has 0 saturated carbocycles. The van der Waals surface area contributed by atoms with Gasteiger partial charge in [0.15, 0.2) is 0 Å². The van der Waals surface area contributed by atoms with Crippen molar-refractivity contribution in [3.8, 4) is 0 Å². The van der Waals surface area contributed by atoms with Gasteiger partial charge in [-0.3, -0.25) is 0 Å². The molecule has 0 atom stereocenters. The van der Waals surface area contributed by atoms with E-state index in [1.807, 2.05) is 0 Å². The second kappa shape index (κ2) is 18.2. The van der Waals surface area contributed by atoms with E-state index >= 15 is 0 Å². The minimum atomic E-state index is -2.27. The van der Waals surface area contributed by atoms with Crippen molar-refractivity contribution in [1.82, 2.24) is 4.90 Å². The Bertz CT molecular complexity index is 426. The van der Waals surface area contributed by atoms with Crippen LogP contribution in [0.2, 0.25) is 13.3 Å². The van der Waals surface area contributed by atoms with E-state index in [1.165, 1.54) is 65.7 Å². The van der Waals surface area contributed by atoms with Crippen LogP contribution in [0.1, 0.15) is 73.1 Å². The number of nitrogens with zero attached hydrogens (tertiary/aromatic N) is 1. The van der Waals surface area contributed by atoms with Gasteiger partial charge in [0, 0.05) is 0 Å². The van der Waals surface area contributed by atoms with Crippen LogP contribution >= 0.6 is 0 Å². The Hall–Kier alpha value is -0.561. The monoisotopic (exact) mass is 519 g/mol. The number of unbranched alkanes of at least 4 members (excludes halogenated alkanes) is 3. The quantitative estimate of drug-likeness (QED) is 0.181. The summed E-state index contributed by atoms with van der Waals surface area (Å²) in [7, 11) is 0. The molecule has 0 radical (unpaired) electrons. The van der Waals surface area contributed by atoms with Crippen molar-refractivity contribution in [1.29, 1.82) is 0 Å². The van der Waals surface area contributed by atoms with Crippen LogP contribution in [0.5, 0.6) is 0 Å². The fourth-order valence-corrected chi connectivity index (χ4v) is 17.9. The average Bonchev–Trinajstić information content (AvgIpc) is 2.67. The predicted octanol–water partition coefficient (Wildman–Crippen LogP) is 5.36. The Labute approximate surface area is 183 Å². The normalized spacial score (nSPS) is 11.9. The van der Waals surface area contributed by atoms with Crippen molar-refractivity contribution in [2.24, 2.45) is 0 Å². The van der Waals surface area contributed by atoms with Gasteiger partial charge in [-0.05, 0) is 0 Å². The van der Waals surface area contributed by atoms with Crippen LogP contribution in [0.15, 0.2) is 10.2 Å². The van der Waals surface area contributed by atoms with Crippen LogP contribution in [0.3, 0.4) is 0 Å². The van der Waals surface area contributed by atoms with Crippen LogP contribution in [-0.2, 0) is 19.1 Å². The van der Waals surface area contributed by atoms with Crippen LogP contribution in [0, 0.1) is 0 Å². The standard InChI is InChI=1S/C11H18NO4.3C4H9.Sn/c1-4-5-12(6-8-15-10(2)13)7-9-16-11(3)14;3*1-3-4-2;/h1,4H,5-9H2,2-3H3;3*1,3-4H2,2H3;. The van der Waals surface area contributed by atoms with Gasteiger partial charge in [-0.15, -0.1) is 0 Å². The molecule has 0 rings (SSSR count). The Morgan fingerprint density at radius 3 is 1.55 bits per heavy atom. The van der Waals surface area contributed by atoms with Crippen LogP contribution in [-0.4, -0.2) is 68.1 Å². The second-order valence-corrected chi connectivity index (χ2v) is 21.1. The zero-order valence-corrected chi connectivity index (χ0v) is 22.5. The second-order valence-electron chi connectivity index (χ2n) is 8.06. The third-order valence-corrected chi connectivity index (χ3v) is 19.6. The van der Waals surface area contributed by atoms with E-state index in [4.69, 9.17) is 9.47 Å². The maximum atomic E-state index is 11.1. The zero-order valence-electron chi connectivity index (χ0n) is 19.6. The van der Waals surface area contributed by atoms with Gasteiger partial charge in [0.2, 0.25) is 0 Å². The number of carbonyl (C=O) groups excluding carboxylic acids is 2. The van der Waals surface area contributed by atoms with Crippen molar-refractivity contribution >= 4 is 30.3 Å². The summed E-state index contributed by atoms with van der Waals surface area (Å²) in [6.45, 7) is 12.6. The fraction of sp³-hybridized carbons (Fsp3) is 0.826. The molecule has 0 aromatic carbocycles. The van der Waals surface area contributed by atoms with E-state index < -0.39 is 18.4 Å². The zero-order chi connectivity index (χ0) is 22.0. The Morgan fingerprint density at radius 2 is 1.21 bits per heavy atom. The molecule has 0 unspecified atom stereocenters. The summed E-state index contributed by atoms with van der Waals surface area (Å²) >= 11 is -2.27. The summed E-state index contributed by atoms with van der Waals surface area (Å²) in [5, 5.41) is 0. The van der Waals surface area contributed by atoms with Gasteiger partial charge in [-0.1, -0.05) is 0 Å². The molecule has 170 valence electrons. The van der Waals surface area contributed by atoms with Crippen LogP contribution in [0.25, 0.3) is 0 Å².